The van der Waals surface area contributed by atoms with Crippen LogP contribution in [0.3, 0.4) is 0 Å². The van der Waals surface area contributed by atoms with Gasteiger partial charge in [0.25, 0.3) is 0 Å². The third-order valence-electron chi connectivity index (χ3n) is 8.32. The second-order valence-electron chi connectivity index (χ2n) is 11.7. The Hall–Kier alpha value is -4.12. The van der Waals surface area contributed by atoms with Crippen molar-refractivity contribution in [2.24, 2.45) is 11.8 Å². The van der Waals surface area contributed by atoms with Gasteiger partial charge in [-0.1, -0.05) is 6.07 Å². The molecular formula is C33H35F3N4O4. The van der Waals surface area contributed by atoms with Crippen LogP contribution in [-0.2, 0) is 28.6 Å². The summed E-state index contributed by atoms with van der Waals surface area (Å²) in [6, 6.07) is 12.4. The summed E-state index contributed by atoms with van der Waals surface area (Å²) < 4.78 is 52.7. The van der Waals surface area contributed by atoms with Gasteiger partial charge in [0.2, 0.25) is 11.8 Å². The summed E-state index contributed by atoms with van der Waals surface area (Å²) in [6.07, 6.45) is 2.67. The van der Waals surface area contributed by atoms with E-state index in [1.807, 2.05) is 18.2 Å². The smallest absolute Gasteiger partial charge is 0.416 e. The topological polar surface area (TPSA) is 92.8 Å². The number of hydrogen-bond acceptors (Lipinski definition) is 6. The van der Waals surface area contributed by atoms with Crippen molar-refractivity contribution >= 4 is 23.3 Å². The van der Waals surface area contributed by atoms with Crippen LogP contribution >= 0.6 is 0 Å². The van der Waals surface area contributed by atoms with Crippen LogP contribution in [0.4, 0.5) is 24.7 Å². The Morgan fingerprint density at radius 1 is 0.864 bits per heavy atom. The fourth-order valence-corrected chi connectivity index (χ4v) is 5.73. The second-order valence-corrected chi connectivity index (χ2v) is 11.7. The van der Waals surface area contributed by atoms with Gasteiger partial charge < -0.3 is 20.1 Å². The van der Waals surface area contributed by atoms with Gasteiger partial charge in [0, 0.05) is 42.4 Å². The monoisotopic (exact) mass is 608 g/mol. The molecule has 0 radical (unpaired) electrons. The molecule has 1 atom stereocenters. The van der Waals surface area contributed by atoms with Crippen molar-refractivity contribution in [1.82, 2.24) is 9.88 Å². The van der Waals surface area contributed by atoms with Gasteiger partial charge in [-0.25, -0.2) is 4.98 Å². The van der Waals surface area contributed by atoms with E-state index in [9.17, 15) is 22.8 Å². The van der Waals surface area contributed by atoms with Crippen LogP contribution in [0.25, 0.3) is 0 Å². The number of pyridine rings is 1. The van der Waals surface area contributed by atoms with E-state index in [0.29, 0.717) is 43.1 Å². The van der Waals surface area contributed by atoms with Crippen LogP contribution < -0.4 is 20.1 Å². The van der Waals surface area contributed by atoms with Gasteiger partial charge in [0.1, 0.15) is 29.7 Å². The Balaban J connectivity index is 1.10. The van der Waals surface area contributed by atoms with E-state index in [1.54, 1.807) is 18.3 Å². The highest BCUT2D eigenvalue weighted by Gasteiger charge is 2.33. The average Bonchev–Trinajstić information content (AvgIpc) is 3.72. The van der Waals surface area contributed by atoms with Crippen molar-refractivity contribution in [3.8, 4) is 17.2 Å². The lowest BCUT2D eigenvalue weighted by Gasteiger charge is -2.25. The first-order valence-corrected chi connectivity index (χ1v) is 15.1. The maximum Gasteiger partial charge on any atom is 0.416 e. The van der Waals surface area contributed by atoms with E-state index < -0.39 is 17.7 Å². The predicted octanol–water partition coefficient (Wildman–Crippen LogP) is 6.46. The molecule has 2 heterocycles. The standard InChI is InChI=1S/C33H35F3N4O4/c34-33(35,36)25-17-26(19-29(18-25)43-14-13-40-11-1-2-12-40)38-32(42)23-6-3-21-7-8-27(16-24(21)15-23)44-28-9-10-37-30(20-28)39-31(41)22-4-5-22/h7-10,16-20,22-23H,1-6,11-15H2,(H,38,42)(H,37,39,41). The Kier molecular flexibility index (Phi) is 8.74. The molecule has 0 bridgehead atoms. The van der Waals surface area contributed by atoms with Crippen LogP contribution in [0.15, 0.2) is 54.7 Å². The van der Waals surface area contributed by atoms with Gasteiger partial charge >= 0.3 is 6.18 Å². The number of nitrogens with zero attached hydrogens (tertiary/aromatic N) is 2. The van der Waals surface area contributed by atoms with Crippen molar-refractivity contribution in [2.45, 2.75) is 51.1 Å². The quantitative estimate of drug-likeness (QED) is 0.275. The number of aryl methyl sites for hydroxylation is 1. The number of hydrogen-bond donors (Lipinski definition) is 2. The van der Waals surface area contributed by atoms with E-state index in [2.05, 4.69) is 20.5 Å². The first-order valence-electron chi connectivity index (χ1n) is 15.1. The molecule has 0 spiro atoms. The number of rotatable bonds is 10. The molecule has 1 aliphatic heterocycles. The number of ether oxygens (including phenoxy) is 2. The number of aromatic nitrogens is 1. The highest BCUT2D eigenvalue weighted by Crippen LogP contribution is 2.36. The summed E-state index contributed by atoms with van der Waals surface area (Å²) in [5.74, 6) is 0.843. The van der Waals surface area contributed by atoms with Crippen LogP contribution in [0, 0.1) is 11.8 Å². The van der Waals surface area contributed by atoms with Crippen LogP contribution in [0.1, 0.15) is 48.8 Å². The van der Waals surface area contributed by atoms with Crippen molar-refractivity contribution in [3.05, 3.63) is 71.4 Å². The summed E-state index contributed by atoms with van der Waals surface area (Å²) in [5, 5.41) is 5.52. The molecule has 8 nitrogen and oxygen atoms in total. The predicted molar refractivity (Wildman–Crippen MR) is 159 cm³/mol. The number of halogens is 3. The largest absolute Gasteiger partial charge is 0.492 e. The summed E-state index contributed by atoms with van der Waals surface area (Å²) >= 11 is 0. The molecule has 1 saturated heterocycles. The lowest BCUT2D eigenvalue weighted by molar-refractivity contribution is -0.137. The highest BCUT2D eigenvalue weighted by atomic mass is 19.4. The van der Waals surface area contributed by atoms with E-state index in [4.69, 9.17) is 9.47 Å². The number of amides is 2. The molecule has 232 valence electrons. The summed E-state index contributed by atoms with van der Waals surface area (Å²) in [5.41, 5.74) is 1.24. The average molecular weight is 609 g/mol. The third-order valence-corrected chi connectivity index (χ3v) is 8.32. The zero-order valence-electron chi connectivity index (χ0n) is 24.3. The zero-order valence-corrected chi connectivity index (χ0v) is 24.3. The number of benzene rings is 2. The highest BCUT2D eigenvalue weighted by molar-refractivity contribution is 5.94. The summed E-state index contributed by atoms with van der Waals surface area (Å²) in [7, 11) is 0. The van der Waals surface area contributed by atoms with Gasteiger partial charge in [0.15, 0.2) is 0 Å². The third kappa shape index (κ3) is 7.68. The number of likely N-dealkylation sites (tertiary alicyclic amines) is 1. The second kappa shape index (κ2) is 12.9. The Labute approximate surface area is 253 Å². The van der Waals surface area contributed by atoms with Gasteiger partial charge in [-0.2, -0.15) is 13.2 Å². The Morgan fingerprint density at radius 2 is 1.64 bits per heavy atom. The maximum atomic E-state index is 13.7. The van der Waals surface area contributed by atoms with Crippen molar-refractivity contribution in [3.63, 3.8) is 0 Å². The van der Waals surface area contributed by atoms with E-state index >= 15 is 0 Å². The van der Waals surface area contributed by atoms with Crippen molar-refractivity contribution in [1.29, 1.82) is 0 Å². The minimum atomic E-state index is -4.58. The number of carbonyl (C=O) groups excluding carboxylic acids is 2. The van der Waals surface area contributed by atoms with Gasteiger partial charge in [-0.05, 0) is 99.5 Å². The van der Waals surface area contributed by atoms with Crippen molar-refractivity contribution < 1.29 is 32.2 Å². The zero-order chi connectivity index (χ0) is 30.7. The van der Waals surface area contributed by atoms with Crippen molar-refractivity contribution in [2.75, 3.05) is 36.9 Å². The normalized spacial score (nSPS) is 18.4. The maximum absolute atomic E-state index is 13.7. The molecule has 2 N–H and O–H groups in total. The summed E-state index contributed by atoms with van der Waals surface area (Å²) in [6.45, 7) is 2.85. The number of anilines is 2. The first-order chi connectivity index (χ1) is 21.2. The Bertz CT molecular complexity index is 1520. The molecule has 1 saturated carbocycles. The minimum Gasteiger partial charge on any atom is -0.492 e. The van der Waals surface area contributed by atoms with Gasteiger partial charge in [-0.15, -0.1) is 0 Å². The van der Waals surface area contributed by atoms with E-state index in [1.165, 1.54) is 6.07 Å². The molecule has 2 aromatic carbocycles. The molecule has 2 aliphatic carbocycles. The molecule has 2 fully saturated rings. The number of nitrogens with one attached hydrogen (secondary N) is 2. The number of alkyl halides is 3. The van der Waals surface area contributed by atoms with Gasteiger partial charge in [0.05, 0.1) is 5.56 Å². The molecule has 3 aromatic rings. The summed E-state index contributed by atoms with van der Waals surface area (Å²) in [4.78, 5) is 31.8. The molecule has 2 amide bonds. The Morgan fingerprint density at radius 3 is 2.41 bits per heavy atom. The van der Waals surface area contributed by atoms with Crippen LogP contribution in [0.5, 0.6) is 17.2 Å². The molecule has 6 rings (SSSR count). The molecular weight excluding hydrogens is 573 g/mol. The van der Waals surface area contributed by atoms with E-state index in [0.717, 1.165) is 62.0 Å². The molecule has 44 heavy (non-hydrogen) atoms. The fraction of sp³-hybridized carbons (Fsp3) is 0.424. The minimum absolute atomic E-state index is 0.0425. The number of carbonyl (C=O) groups is 2. The molecule has 3 aliphatic rings. The van der Waals surface area contributed by atoms with Crippen LogP contribution in [-0.4, -0.2) is 47.9 Å². The first kappa shape index (κ1) is 29.9. The fourth-order valence-electron chi connectivity index (χ4n) is 5.73. The molecule has 1 unspecified atom stereocenters. The lowest BCUT2D eigenvalue weighted by Crippen LogP contribution is -2.28. The SMILES string of the molecule is O=C(Nc1cc(OCCN2CCCC2)cc(C(F)(F)F)c1)C1CCc2ccc(Oc3ccnc(NC(=O)C4CC4)c3)cc2C1. The lowest BCUT2D eigenvalue weighted by atomic mass is 9.83. The van der Waals surface area contributed by atoms with Gasteiger partial charge in [-0.3, -0.25) is 14.5 Å². The molecule has 11 heteroatoms. The number of fused-ring (bicyclic) bond motifs is 1. The molecule has 1 aromatic heterocycles. The van der Waals surface area contributed by atoms with Crippen LogP contribution in [0.2, 0.25) is 0 Å². The van der Waals surface area contributed by atoms with E-state index in [-0.39, 0.29) is 35.8 Å².